The van der Waals surface area contributed by atoms with Crippen molar-refractivity contribution >= 4 is 32.7 Å². The van der Waals surface area contributed by atoms with Crippen LogP contribution in [0.5, 0.6) is 0 Å². The standard InChI is InChI=1S/C18H20N2O2S2/c1-19(2)12-13-23-18-14-20(17-11-7-6-10-16(17)18)24(21,22)15-8-4-3-5-9-15/h3-11,14H,12-13H2,1-2H3. The smallest absolute Gasteiger partial charge is 0.268 e. The van der Waals surface area contributed by atoms with Gasteiger partial charge >= 0.3 is 0 Å². The molecule has 0 saturated carbocycles. The summed E-state index contributed by atoms with van der Waals surface area (Å²) < 4.78 is 27.4. The summed E-state index contributed by atoms with van der Waals surface area (Å²) in [6.07, 6.45) is 1.74. The van der Waals surface area contributed by atoms with Crippen molar-refractivity contribution in [2.24, 2.45) is 0 Å². The largest absolute Gasteiger partial charge is 0.309 e. The zero-order valence-electron chi connectivity index (χ0n) is 13.7. The normalized spacial score (nSPS) is 12.1. The molecule has 1 aromatic heterocycles. The van der Waals surface area contributed by atoms with Crippen molar-refractivity contribution in [2.75, 3.05) is 26.4 Å². The second kappa shape index (κ2) is 7.01. The predicted molar refractivity (Wildman–Crippen MR) is 100 cm³/mol. The molecule has 3 rings (SSSR count). The van der Waals surface area contributed by atoms with Crippen molar-refractivity contribution in [1.82, 2.24) is 8.87 Å². The lowest BCUT2D eigenvalue weighted by Gasteiger charge is -2.08. The van der Waals surface area contributed by atoms with Crippen LogP contribution in [0.15, 0.2) is 70.6 Å². The van der Waals surface area contributed by atoms with Gasteiger partial charge in [-0.3, -0.25) is 0 Å². The molecule has 24 heavy (non-hydrogen) atoms. The van der Waals surface area contributed by atoms with Gasteiger partial charge < -0.3 is 4.90 Å². The minimum atomic E-state index is -3.59. The highest BCUT2D eigenvalue weighted by molar-refractivity contribution is 7.99. The molecule has 1 heterocycles. The molecule has 0 unspecified atom stereocenters. The van der Waals surface area contributed by atoms with Crippen molar-refractivity contribution in [2.45, 2.75) is 9.79 Å². The van der Waals surface area contributed by atoms with E-state index in [-0.39, 0.29) is 0 Å². The van der Waals surface area contributed by atoms with E-state index in [1.165, 1.54) is 3.97 Å². The molecule has 0 N–H and O–H groups in total. The monoisotopic (exact) mass is 360 g/mol. The van der Waals surface area contributed by atoms with Gasteiger partial charge in [-0.1, -0.05) is 36.4 Å². The van der Waals surface area contributed by atoms with Crippen LogP contribution < -0.4 is 0 Å². The third kappa shape index (κ3) is 3.36. The van der Waals surface area contributed by atoms with E-state index in [0.717, 1.165) is 22.6 Å². The van der Waals surface area contributed by atoms with Gasteiger partial charge in [0.05, 0.1) is 10.4 Å². The second-order valence-corrected chi connectivity index (χ2v) is 8.73. The summed E-state index contributed by atoms with van der Waals surface area (Å²) in [5, 5.41) is 0.973. The first-order valence-electron chi connectivity index (χ1n) is 7.68. The molecule has 3 aromatic rings. The number of aromatic nitrogens is 1. The molecular formula is C18H20N2O2S2. The molecule has 0 aliphatic rings. The highest BCUT2D eigenvalue weighted by Gasteiger charge is 2.20. The fourth-order valence-electron chi connectivity index (χ4n) is 2.48. The number of benzene rings is 2. The molecule has 0 aliphatic carbocycles. The fraction of sp³-hybridized carbons (Fsp3) is 0.222. The number of fused-ring (bicyclic) bond motifs is 1. The Kier molecular flexibility index (Phi) is 4.99. The molecule has 6 heteroatoms. The van der Waals surface area contributed by atoms with Crippen molar-refractivity contribution in [3.8, 4) is 0 Å². The van der Waals surface area contributed by atoms with Gasteiger partial charge in [0.2, 0.25) is 0 Å². The van der Waals surface area contributed by atoms with Gasteiger partial charge in [0.25, 0.3) is 10.0 Å². The first-order valence-corrected chi connectivity index (χ1v) is 10.1. The summed E-state index contributed by atoms with van der Waals surface area (Å²) in [5.74, 6) is 0.909. The van der Waals surface area contributed by atoms with E-state index in [4.69, 9.17) is 0 Å². The minimum absolute atomic E-state index is 0.301. The molecule has 0 spiro atoms. The average Bonchev–Trinajstić information content (AvgIpc) is 2.95. The molecule has 0 fully saturated rings. The zero-order chi connectivity index (χ0) is 17.2. The Bertz CT molecular complexity index is 932. The van der Waals surface area contributed by atoms with E-state index in [2.05, 4.69) is 4.90 Å². The molecular weight excluding hydrogens is 340 g/mol. The van der Waals surface area contributed by atoms with Crippen molar-refractivity contribution < 1.29 is 8.42 Å². The van der Waals surface area contributed by atoms with Crippen LogP contribution in [0.25, 0.3) is 10.9 Å². The van der Waals surface area contributed by atoms with Gasteiger partial charge in [0, 0.05) is 28.8 Å². The van der Waals surface area contributed by atoms with Gasteiger partial charge in [0.1, 0.15) is 0 Å². The van der Waals surface area contributed by atoms with Gasteiger partial charge in [-0.15, -0.1) is 11.8 Å². The SMILES string of the molecule is CN(C)CCSc1cn(S(=O)(=O)c2ccccc2)c2ccccc12. The first-order chi connectivity index (χ1) is 11.5. The van der Waals surface area contributed by atoms with Crippen LogP contribution in [0.3, 0.4) is 0 Å². The van der Waals surface area contributed by atoms with Crippen molar-refractivity contribution in [3.05, 3.63) is 60.8 Å². The molecule has 0 saturated heterocycles. The number of hydrogen-bond donors (Lipinski definition) is 0. The summed E-state index contributed by atoms with van der Waals surface area (Å²) in [5.41, 5.74) is 0.716. The maximum atomic E-state index is 13.0. The Morgan fingerprint density at radius 2 is 1.67 bits per heavy atom. The third-order valence-corrected chi connectivity index (χ3v) is 6.45. The number of thioether (sulfide) groups is 1. The lowest BCUT2D eigenvalue weighted by atomic mass is 10.2. The Balaban J connectivity index is 2.06. The maximum Gasteiger partial charge on any atom is 0.268 e. The van der Waals surface area contributed by atoms with Crippen LogP contribution in [0.4, 0.5) is 0 Å². The van der Waals surface area contributed by atoms with Crippen molar-refractivity contribution in [1.29, 1.82) is 0 Å². The molecule has 0 bridgehead atoms. The van der Waals surface area contributed by atoms with Crippen LogP contribution in [-0.2, 0) is 10.0 Å². The highest BCUT2D eigenvalue weighted by Crippen LogP contribution is 2.32. The zero-order valence-corrected chi connectivity index (χ0v) is 15.3. The van der Waals surface area contributed by atoms with Crippen LogP contribution >= 0.6 is 11.8 Å². The number of para-hydroxylation sites is 1. The second-order valence-electron chi connectivity index (χ2n) is 5.78. The van der Waals surface area contributed by atoms with Crippen molar-refractivity contribution in [3.63, 3.8) is 0 Å². The lowest BCUT2D eigenvalue weighted by molar-refractivity contribution is 0.437. The predicted octanol–water partition coefficient (Wildman–Crippen LogP) is 3.53. The summed E-state index contributed by atoms with van der Waals surface area (Å²) in [6.45, 7) is 0.940. The third-order valence-electron chi connectivity index (χ3n) is 3.74. The first kappa shape index (κ1) is 17.1. The Hall–Kier alpha value is -1.76. The van der Waals surface area contributed by atoms with Gasteiger partial charge in [-0.25, -0.2) is 12.4 Å². The Morgan fingerprint density at radius 1 is 1.00 bits per heavy atom. The quantitative estimate of drug-likeness (QED) is 0.631. The van der Waals surface area contributed by atoms with E-state index in [1.54, 1.807) is 42.2 Å². The van der Waals surface area contributed by atoms with Gasteiger partial charge in [-0.2, -0.15) is 0 Å². The number of rotatable bonds is 6. The van der Waals surface area contributed by atoms with E-state index in [1.807, 2.05) is 44.4 Å². The van der Waals surface area contributed by atoms with E-state index >= 15 is 0 Å². The fourth-order valence-corrected chi connectivity index (χ4v) is 5.12. The average molecular weight is 361 g/mol. The molecule has 4 nitrogen and oxygen atoms in total. The summed E-state index contributed by atoms with van der Waals surface area (Å²) >= 11 is 1.68. The van der Waals surface area contributed by atoms with E-state index in [0.29, 0.717) is 10.4 Å². The van der Waals surface area contributed by atoms with E-state index < -0.39 is 10.0 Å². The lowest BCUT2D eigenvalue weighted by Crippen LogP contribution is -2.14. The Labute approximate surface area is 147 Å². The molecule has 126 valence electrons. The summed E-state index contributed by atoms with van der Waals surface area (Å²) in [7, 11) is 0.470. The molecule has 2 aromatic carbocycles. The van der Waals surface area contributed by atoms with Gasteiger partial charge in [0.15, 0.2) is 0 Å². The number of nitrogens with zero attached hydrogens (tertiary/aromatic N) is 2. The topological polar surface area (TPSA) is 42.3 Å². The van der Waals surface area contributed by atoms with E-state index in [9.17, 15) is 8.42 Å². The summed E-state index contributed by atoms with van der Waals surface area (Å²) in [6, 6.07) is 16.2. The minimum Gasteiger partial charge on any atom is -0.309 e. The van der Waals surface area contributed by atoms with Crippen LogP contribution in [0.1, 0.15) is 0 Å². The maximum absolute atomic E-state index is 13.0. The highest BCUT2D eigenvalue weighted by atomic mass is 32.2. The Morgan fingerprint density at radius 3 is 2.38 bits per heavy atom. The molecule has 0 amide bonds. The molecule has 0 radical (unpaired) electrons. The van der Waals surface area contributed by atoms with Crippen LogP contribution in [0, 0.1) is 0 Å². The summed E-state index contributed by atoms with van der Waals surface area (Å²) in [4.78, 5) is 3.41. The van der Waals surface area contributed by atoms with Gasteiger partial charge in [-0.05, 0) is 32.3 Å². The molecule has 0 atom stereocenters. The van der Waals surface area contributed by atoms with Crippen LogP contribution in [-0.4, -0.2) is 43.7 Å². The number of hydrogen-bond acceptors (Lipinski definition) is 4. The molecule has 0 aliphatic heterocycles. The van der Waals surface area contributed by atoms with Crippen LogP contribution in [0.2, 0.25) is 0 Å².